The Hall–Kier alpha value is -2.17. The summed E-state index contributed by atoms with van der Waals surface area (Å²) in [4.78, 5) is 19.1. The third-order valence-electron chi connectivity index (χ3n) is 4.30. The highest BCUT2D eigenvalue weighted by Crippen LogP contribution is 2.32. The lowest BCUT2D eigenvalue weighted by atomic mass is 9.82. The fourth-order valence-corrected chi connectivity index (χ4v) is 3.56. The van der Waals surface area contributed by atoms with Crippen LogP contribution in [0.15, 0.2) is 42.6 Å². The van der Waals surface area contributed by atoms with Crippen LogP contribution in [-0.2, 0) is 16.8 Å². The van der Waals surface area contributed by atoms with Crippen molar-refractivity contribution in [2.24, 2.45) is 0 Å². The van der Waals surface area contributed by atoms with Gasteiger partial charge in [0.2, 0.25) is 5.91 Å². The number of nitrogens with zero attached hydrogens (tertiary/aromatic N) is 2. The first-order valence-corrected chi connectivity index (χ1v) is 8.64. The Labute approximate surface area is 153 Å². The van der Waals surface area contributed by atoms with Gasteiger partial charge in [-0.2, -0.15) is 0 Å². The van der Waals surface area contributed by atoms with Gasteiger partial charge < -0.3 is 10.2 Å². The van der Waals surface area contributed by atoms with E-state index in [0.717, 1.165) is 29.9 Å². The molecule has 2 aromatic rings. The van der Waals surface area contributed by atoms with Crippen molar-refractivity contribution in [3.05, 3.63) is 64.4 Å². The molecule has 0 aliphatic carbocycles. The van der Waals surface area contributed by atoms with Crippen LogP contribution in [0.4, 0.5) is 5.69 Å². The molecule has 0 unspecified atom stereocenters. The molecule has 1 aromatic heterocycles. The number of fused-ring (bicyclic) bond motifs is 1. The van der Waals surface area contributed by atoms with Crippen molar-refractivity contribution in [3.63, 3.8) is 0 Å². The van der Waals surface area contributed by atoms with E-state index in [1.165, 1.54) is 6.08 Å². The Kier molecular flexibility index (Phi) is 4.93. The zero-order valence-electron chi connectivity index (χ0n) is 14.7. The van der Waals surface area contributed by atoms with Gasteiger partial charge in [0.15, 0.2) is 0 Å². The van der Waals surface area contributed by atoms with E-state index in [1.54, 1.807) is 18.3 Å². The summed E-state index contributed by atoms with van der Waals surface area (Å²) in [6.45, 7) is 6.20. The number of hydrogen-bond donors (Lipinski definition) is 1. The van der Waals surface area contributed by atoms with Crippen molar-refractivity contribution in [2.75, 3.05) is 18.9 Å². The Morgan fingerprint density at radius 2 is 2.12 bits per heavy atom. The smallest absolute Gasteiger partial charge is 0.248 e. The fourth-order valence-electron chi connectivity index (χ4n) is 3.36. The van der Waals surface area contributed by atoms with Crippen molar-refractivity contribution in [1.82, 2.24) is 9.88 Å². The van der Waals surface area contributed by atoms with Crippen LogP contribution in [-0.4, -0.2) is 29.4 Å². The summed E-state index contributed by atoms with van der Waals surface area (Å²) in [5.74, 6) is -0.204. The first-order chi connectivity index (χ1) is 11.8. The number of halogens is 1. The van der Waals surface area contributed by atoms with Crippen molar-refractivity contribution >= 4 is 29.3 Å². The second kappa shape index (κ2) is 6.98. The maximum Gasteiger partial charge on any atom is 0.248 e. The summed E-state index contributed by atoms with van der Waals surface area (Å²) in [5, 5.41) is 3.49. The third-order valence-corrected chi connectivity index (χ3v) is 4.64. The standard InChI is InChI=1S/C20H22ClN3O/c1-20(2)13-24(3)12-15-10-16(11-22-19(15)20)23-18(25)9-8-14-6-4-5-7-17(14)21/h4-11H,12-13H2,1-3H3,(H,23,25)/b9-8+. The Morgan fingerprint density at radius 1 is 1.36 bits per heavy atom. The average Bonchev–Trinajstić information content (AvgIpc) is 2.52. The van der Waals surface area contributed by atoms with Gasteiger partial charge in [0.25, 0.3) is 0 Å². The molecule has 1 aliphatic rings. The van der Waals surface area contributed by atoms with Crippen LogP contribution in [0.1, 0.15) is 30.7 Å². The van der Waals surface area contributed by atoms with Gasteiger partial charge in [0.1, 0.15) is 0 Å². The van der Waals surface area contributed by atoms with Gasteiger partial charge in [-0.3, -0.25) is 9.78 Å². The van der Waals surface area contributed by atoms with E-state index < -0.39 is 0 Å². The number of benzene rings is 1. The van der Waals surface area contributed by atoms with Crippen LogP contribution in [0, 0.1) is 0 Å². The van der Waals surface area contributed by atoms with Gasteiger partial charge in [-0.15, -0.1) is 0 Å². The molecule has 0 fully saturated rings. The monoisotopic (exact) mass is 355 g/mol. The van der Waals surface area contributed by atoms with Crippen LogP contribution in [0.5, 0.6) is 0 Å². The Morgan fingerprint density at radius 3 is 2.88 bits per heavy atom. The lowest BCUT2D eigenvalue weighted by molar-refractivity contribution is -0.111. The molecule has 3 rings (SSSR count). The van der Waals surface area contributed by atoms with Gasteiger partial charge in [0.05, 0.1) is 17.6 Å². The first-order valence-electron chi connectivity index (χ1n) is 8.27. The predicted molar refractivity (Wildman–Crippen MR) is 103 cm³/mol. The zero-order chi connectivity index (χ0) is 18.0. The van der Waals surface area contributed by atoms with E-state index in [1.807, 2.05) is 24.3 Å². The van der Waals surface area contributed by atoms with E-state index >= 15 is 0 Å². The number of carbonyl (C=O) groups excluding carboxylic acids is 1. The number of likely N-dealkylation sites (N-methyl/N-ethyl adjacent to an activating group) is 1. The van der Waals surface area contributed by atoms with Gasteiger partial charge in [-0.25, -0.2) is 0 Å². The molecule has 4 nitrogen and oxygen atoms in total. The maximum atomic E-state index is 12.2. The van der Waals surface area contributed by atoms with E-state index in [-0.39, 0.29) is 11.3 Å². The van der Waals surface area contributed by atoms with Crippen molar-refractivity contribution in [1.29, 1.82) is 0 Å². The van der Waals surface area contributed by atoms with Crippen molar-refractivity contribution < 1.29 is 4.79 Å². The number of amides is 1. The van der Waals surface area contributed by atoms with E-state index in [2.05, 4.69) is 36.1 Å². The number of nitrogens with one attached hydrogen (secondary N) is 1. The molecule has 2 heterocycles. The highest BCUT2D eigenvalue weighted by atomic mass is 35.5. The van der Waals surface area contributed by atoms with Crippen LogP contribution >= 0.6 is 11.6 Å². The summed E-state index contributed by atoms with van der Waals surface area (Å²) in [6, 6.07) is 9.42. The molecular weight excluding hydrogens is 334 g/mol. The first kappa shape index (κ1) is 17.6. The Balaban J connectivity index is 1.74. The minimum absolute atomic E-state index is 0.00876. The van der Waals surface area contributed by atoms with Crippen LogP contribution < -0.4 is 5.32 Å². The van der Waals surface area contributed by atoms with E-state index in [0.29, 0.717) is 10.7 Å². The Bertz CT molecular complexity index is 829. The fraction of sp³-hybridized carbons (Fsp3) is 0.300. The summed E-state index contributed by atoms with van der Waals surface area (Å²) < 4.78 is 0. The number of anilines is 1. The van der Waals surface area contributed by atoms with Gasteiger partial charge in [0, 0.05) is 29.6 Å². The van der Waals surface area contributed by atoms with Gasteiger partial charge in [-0.1, -0.05) is 43.6 Å². The second-order valence-electron chi connectivity index (χ2n) is 7.13. The molecule has 1 N–H and O–H groups in total. The molecule has 130 valence electrons. The summed E-state index contributed by atoms with van der Waals surface area (Å²) in [6.07, 6.45) is 4.92. The number of hydrogen-bond acceptors (Lipinski definition) is 3. The van der Waals surface area contributed by atoms with Crippen molar-refractivity contribution in [3.8, 4) is 0 Å². The number of carbonyl (C=O) groups is 1. The number of rotatable bonds is 3. The summed E-state index contributed by atoms with van der Waals surface area (Å²) in [7, 11) is 2.10. The topological polar surface area (TPSA) is 45.2 Å². The van der Waals surface area contributed by atoms with E-state index in [9.17, 15) is 4.79 Å². The van der Waals surface area contributed by atoms with E-state index in [4.69, 9.17) is 11.6 Å². The molecule has 0 atom stereocenters. The van der Waals surface area contributed by atoms with Gasteiger partial charge >= 0.3 is 0 Å². The minimum atomic E-state index is -0.204. The summed E-state index contributed by atoms with van der Waals surface area (Å²) >= 11 is 6.09. The molecule has 5 heteroatoms. The normalized spacial score (nSPS) is 16.6. The predicted octanol–water partition coefficient (Wildman–Crippen LogP) is 4.11. The highest BCUT2D eigenvalue weighted by Gasteiger charge is 2.31. The number of pyridine rings is 1. The molecule has 1 aliphatic heterocycles. The second-order valence-corrected chi connectivity index (χ2v) is 7.54. The van der Waals surface area contributed by atoms with Crippen molar-refractivity contribution in [2.45, 2.75) is 25.8 Å². The largest absolute Gasteiger partial charge is 0.321 e. The van der Waals surface area contributed by atoms with Crippen LogP contribution in [0.25, 0.3) is 6.08 Å². The average molecular weight is 356 g/mol. The molecule has 1 amide bonds. The molecule has 0 saturated heterocycles. The molecule has 1 aromatic carbocycles. The molecule has 0 saturated carbocycles. The lowest BCUT2D eigenvalue weighted by Gasteiger charge is -2.37. The number of aromatic nitrogens is 1. The maximum absolute atomic E-state index is 12.2. The van der Waals surface area contributed by atoms with Gasteiger partial charge in [-0.05, 0) is 36.4 Å². The van der Waals surface area contributed by atoms with Crippen LogP contribution in [0.2, 0.25) is 5.02 Å². The zero-order valence-corrected chi connectivity index (χ0v) is 15.5. The molecular formula is C20H22ClN3O. The lowest BCUT2D eigenvalue weighted by Crippen LogP contribution is -2.40. The molecule has 0 radical (unpaired) electrons. The highest BCUT2D eigenvalue weighted by molar-refractivity contribution is 6.32. The van der Waals surface area contributed by atoms with Crippen LogP contribution in [0.3, 0.4) is 0 Å². The molecule has 0 spiro atoms. The third kappa shape index (κ3) is 4.09. The quantitative estimate of drug-likeness (QED) is 0.843. The molecule has 25 heavy (non-hydrogen) atoms. The summed E-state index contributed by atoms with van der Waals surface area (Å²) in [5.41, 5.74) is 3.79. The SMILES string of the molecule is CN1Cc2cc(NC(=O)/C=C/c3ccccc3Cl)cnc2C(C)(C)C1. The minimum Gasteiger partial charge on any atom is -0.321 e. The molecule has 0 bridgehead atoms.